The summed E-state index contributed by atoms with van der Waals surface area (Å²) in [6.07, 6.45) is 0.719. The Hall–Kier alpha value is -2.22. The average Bonchev–Trinajstić information content (AvgIpc) is 2.46. The fraction of sp³-hybridized carbons (Fsp3) is 0.222. The van der Waals surface area contributed by atoms with Crippen molar-refractivity contribution in [1.29, 1.82) is 0 Å². The number of rotatable bonds is 2. The smallest absolute Gasteiger partial charge is 0.194 e. The SMILES string of the molecule is CC(C)C(=O)c1cccc2c1C(=O)c1ccccc1C2. The summed E-state index contributed by atoms with van der Waals surface area (Å²) in [5.74, 6) is -0.0903. The van der Waals surface area contributed by atoms with Gasteiger partial charge in [0.05, 0.1) is 0 Å². The lowest BCUT2D eigenvalue weighted by molar-refractivity contribution is 0.0928. The van der Waals surface area contributed by atoms with E-state index in [1.165, 1.54) is 0 Å². The summed E-state index contributed by atoms with van der Waals surface area (Å²) in [4.78, 5) is 25.0. The van der Waals surface area contributed by atoms with Gasteiger partial charge >= 0.3 is 0 Å². The van der Waals surface area contributed by atoms with E-state index in [0.717, 1.165) is 23.1 Å². The van der Waals surface area contributed by atoms with E-state index in [0.29, 0.717) is 11.1 Å². The summed E-state index contributed by atoms with van der Waals surface area (Å²) >= 11 is 0. The van der Waals surface area contributed by atoms with E-state index in [4.69, 9.17) is 0 Å². The summed E-state index contributed by atoms with van der Waals surface area (Å²) < 4.78 is 0. The van der Waals surface area contributed by atoms with Crippen LogP contribution in [0.25, 0.3) is 0 Å². The van der Waals surface area contributed by atoms with E-state index in [2.05, 4.69) is 0 Å². The molecule has 1 aliphatic carbocycles. The molecular weight excluding hydrogens is 248 g/mol. The standard InChI is InChI=1S/C18H16O2/c1-11(2)17(19)15-9-5-7-13-10-12-6-3-4-8-14(12)18(20)16(13)15/h3-9,11H,10H2,1-2H3. The first-order valence-electron chi connectivity index (χ1n) is 6.88. The molecule has 0 bridgehead atoms. The number of hydrogen-bond donors (Lipinski definition) is 0. The van der Waals surface area contributed by atoms with E-state index in [9.17, 15) is 9.59 Å². The first-order valence-corrected chi connectivity index (χ1v) is 6.88. The normalized spacial score (nSPS) is 13.1. The maximum Gasteiger partial charge on any atom is 0.194 e. The topological polar surface area (TPSA) is 34.1 Å². The van der Waals surface area contributed by atoms with Crippen molar-refractivity contribution < 1.29 is 9.59 Å². The van der Waals surface area contributed by atoms with E-state index in [-0.39, 0.29) is 17.5 Å². The number of ketones is 2. The minimum Gasteiger partial charge on any atom is -0.294 e. The van der Waals surface area contributed by atoms with Gasteiger partial charge in [0.15, 0.2) is 11.6 Å². The van der Waals surface area contributed by atoms with Crippen LogP contribution in [0.5, 0.6) is 0 Å². The fourth-order valence-corrected chi connectivity index (χ4v) is 2.77. The second-order valence-corrected chi connectivity index (χ2v) is 5.52. The van der Waals surface area contributed by atoms with Gasteiger partial charge in [-0.2, -0.15) is 0 Å². The lowest BCUT2D eigenvalue weighted by Crippen LogP contribution is -2.21. The maximum atomic E-state index is 12.7. The predicted octanol–water partition coefficient (Wildman–Crippen LogP) is 3.66. The molecule has 2 aromatic carbocycles. The van der Waals surface area contributed by atoms with Crippen molar-refractivity contribution >= 4 is 11.6 Å². The van der Waals surface area contributed by atoms with Crippen molar-refractivity contribution in [1.82, 2.24) is 0 Å². The van der Waals surface area contributed by atoms with Crippen LogP contribution in [0.4, 0.5) is 0 Å². The van der Waals surface area contributed by atoms with Crippen LogP contribution in [0.1, 0.15) is 51.3 Å². The lowest BCUT2D eigenvalue weighted by Gasteiger charge is -2.21. The van der Waals surface area contributed by atoms with Gasteiger partial charge in [-0.25, -0.2) is 0 Å². The molecule has 2 heteroatoms. The Balaban J connectivity index is 2.19. The van der Waals surface area contributed by atoms with Crippen molar-refractivity contribution in [3.8, 4) is 0 Å². The number of benzene rings is 2. The molecule has 0 aromatic heterocycles. The highest BCUT2D eigenvalue weighted by molar-refractivity contribution is 6.18. The van der Waals surface area contributed by atoms with Gasteiger partial charge in [-0.3, -0.25) is 9.59 Å². The molecule has 0 fully saturated rings. The Kier molecular flexibility index (Phi) is 3.01. The number of carbonyl (C=O) groups excluding carboxylic acids is 2. The number of hydrogen-bond acceptors (Lipinski definition) is 2. The minimum atomic E-state index is -0.105. The number of carbonyl (C=O) groups is 2. The Morgan fingerprint density at radius 3 is 2.45 bits per heavy atom. The molecule has 0 radical (unpaired) electrons. The Bertz CT molecular complexity index is 711. The van der Waals surface area contributed by atoms with Crippen LogP contribution in [0.3, 0.4) is 0 Å². The van der Waals surface area contributed by atoms with Crippen LogP contribution in [-0.4, -0.2) is 11.6 Å². The second-order valence-electron chi connectivity index (χ2n) is 5.52. The zero-order valence-corrected chi connectivity index (χ0v) is 11.6. The predicted molar refractivity (Wildman–Crippen MR) is 78.3 cm³/mol. The van der Waals surface area contributed by atoms with Gasteiger partial charge in [0.1, 0.15) is 0 Å². The van der Waals surface area contributed by atoms with Crippen molar-refractivity contribution in [2.24, 2.45) is 5.92 Å². The molecule has 3 rings (SSSR count). The van der Waals surface area contributed by atoms with Crippen molar-refractivity contribution in [3.05, 3.63) is 70.3 Å². The summed E-state index contributed by atoms with van der Waals surface area (Å²) in [5, 5.41) is 0. The highest BCUT2D eigenvalue weighted by atomic mass is 16.1. The Morgan fingerprint density at radius 2 is 1.70 bits per heavy atom. The summed E-state index contributed by atoms with van der Waals surface area (Å²) in [6.45, 7) is 3.73. The van der Waals surface area contributed by atoms with Gasteiger partial charge in [-0.1, -0.05) is 56.3 Å². The molecular formula is C18H16O2. The average molecular weight is 264 g/mol. The highest BCUT2D eigenvalue weighted by Crippen LogP contribution is 2.30. The van der Waals surface area contributed by atoms with Crippen LogP contribution in [0, 0.1) is 5.92 Å². The third-order valence-electron chi connectivity index (χ3n) is 3.81. The van der Waals surface area contributed by atoms with E-state index in [1.54, 1.807) is 6.07 Å². The van der Waals surface area contributed by atoms with Crippen LogP contribution in [0.2, 0.25) is 0 Å². The molecule has 0 N–H and O–H groups in total. The lowest BCUT2D eigenvalue weighted by atomic mass is 9.81. The zero-order chi connectivity index (χ0) is 14.3. The van der Waals surface area contributed by atoms with Gasteiger partial charge in [-0.05, 0) is 17.5 Å². The molecule has 0 saturated carbocycles. The Labute approximate surface area is 118 Å². The zero-order valence-electron chi connectivity index (χ0n) is 11.6. The van der Waals surface area contributed by atoms with Gasteiger partial charge in [0, 0.05) is 22.6 Å². The molecule has 0 saturated heterocycles. The van der Waals surface area contributed by atoms with Gasteiger partial charge in [0.25, 0.3) is 0 Å². The molecule has 0 atom stereocenters. The summed E-state index contributed by atoms with van der Waals surface area (Å²) in [7, 11) is 0. The van der Waals surface area contributed by atoms with Crippen LogP contribution in [0.15, 0.2) is 42.5 Å². The molecule has 0 aliphatic heterocycles. The summed E-state index contributed by atoms with van der Waals surface area (Å²) in [6, 6.07) is 13.2. The highest BCUT2D eigenvalue weighted by Gasteiger charge is 2.28. The first-order chi connectivity index (χ1) is 9.59. The van der Waals surface area contributed by atoms with Crippen LogP contribution >= 0.6 is 0 Å². The van der Waals surface area contributed by atoms with Crippen LogP contribution in [-0.2, 0) is 6.42 Å². The van der Waals surface area contributed by atoms with Gasteiger partial charge in [0.2, 0.25) is 0 Å². The second kappa shape index (κ2) is 4.71. The quantitative estimate of drug-likeness (QED) is 0.662. The van der Waals surface area contributed by atoms with E-state index >= 15 is 0 Å². The van der Waals surface area contributed by atoms with Crippen molar-refractivity contribution in [2.45, 2.75) is 20.3 Å². The molecule has 2 nitrogen and oxygen atoms in total. The Morgan fingerprint density at radius 1 is 1.00 bits per heavy atom. The molecule has 1 aliphatic rings. The largest absolute Gasteiger partial charge is 0.294 e. The molecule has 0 amide bonds. The van der Waals surface area contributed by atoms with E-state index in [1.807, 2.05) is 50.2 Å². The van der Waals surface area contributed by atoms with Gasteiger partial charge in [-0.15, -0.1) is 0 Å². The van der Waals surface area contributed by atoms with Crippen molar-refractivity contribution in [2.75, 3.05) is 0 Å². The minimum absolute atomic E-state index is 0.0218. The third kappa shape index (κ3) is 1.88. The first kappa shape index (κ1) is 12.8. The number of Topliss-reactive ketones (excluding diaryl/α,β-unsaturated/α-hetero) is 1. The molecule has 0 heterocycles. The molecule has 20 heavy (non-hydrogen) atoms. The number of fused-ring (bicyclic) bond motifs is 2. The van der Waals surface area contributed by atoms with Crippen molar-refractivity contribution in [3.63, 3.8) is 0 Å². The monoisotopic (exact) mass is 264 g/mol. The molecule has 0 spiro atoms. The summed E-state index contributed by atoms with van der Waals surface area (Å²) in [5.41, 5.74) is 3.89. The fourth-order valence-electron chi connectivity index (χ4n) is 2.77. The molecule has 2 aromatic rings. The van der Waals surface area contributed by atoms with E-state index < -0.39 is 0 Å². The molecule has 0 unspecified atom stereocenters. The molecule has 100 valence electrons. The third-order valence-corrected chi connectivity index (χ3v) is 3.81. The van der Waals surface area contributed by atoms with Gasteiger partial charge < -0.3 is 0 Å². The van der Waals surface area contributed by atoms with Crippen LogP contribution < -0.4 is 0 Å². The maximum absolute atomic E-state index is 12.7.